The van der Waals surface area contributed by atoms with Gasteiger partial charge in [0.25, 0.3) is 0 Å². The Kier molecular flexibility index (Phi) is 25.0. The normalized spacial score (nSPS) is 11.0. The molecule has 0 aromatic rings. The number of rotatable bonds is 26. The fourth-order valence-electron chi connectivity index (χ4n) is 2.93. The summed E-state index contributed by atoms with van der Waals surface area (Å²) < 4.78 is 26.8. The van der Waals surface area contributed by atoms with Crippen molar-refractivity contribution in [1.29, 1.82) is 0 Å². The van der Waals surface area contributed by atoms with E-state index in [1.54, 1.807) is 0 Å². The lowest BCUT2D eigenvalue weighted by molar-refractivity contribution is -0.146. The summed E-state index contributed by atoms with van der Waals surface area (Å²) in [7, 11) is 0. The Morgan fingerprint density at radius 3 is 1.50 bits per heavy atom. The first-order chi connectivity index (χ1) is 15.7. The number of aliphatic carboxylic acids is 1. The van der Waals surface area contributed by atoms with Crippen LogP contribution in [0.15, 0.2) is 0 Å². The Labute approximate surface area is 194 Å². The highest BCUT2D eigenvalue weighted by atomic mass is 16.6. The van der Waals surface area contributed by atoms with Crippen LogP contribution in [0, 0.1) is 0 Å². The van der Waals surface area contributed by atoms with Gasteiger partial charge in [-0.25, -0.2) is 0 Å². The highest BCUT2D eigenvalue weighted by Crippen LogP contribution is 2.08. The molecule has 0 saturated carbocycles. The van der Waals surface area contributed by atoms with Crippen molar-refractivity contribution in [2.45, 2.75) is 84.0 Å². The predicted molar refractivity (Wildman–Crippen MR) is 123 cm³/mol. The molecule has 0 saturated heterocycles. The Bertz CT molecular complexity index is 417. The van der Waals surface area contributed by atoms with E-state index in [0.717, 1.165) is 13.0 Å². The number of carboxylic acids is 1. The van der Waals surface area contributed by atoms with Gasteiger partial charge in [0.05, 0.1) is 46.2 Å². The minimum Gasteiger partial charge on any atom is -0.481 e. The number of ether oxygens (including phenoxy) is 5. The van der Waals surface area contributed by atoms with E-state index in [1.165, 1.54) is 44.9 Å². The molecule has 8 heteroatoms. The molecular weight excluding hydrogens is 416 g/mol. The molecule has 0 spiro atoms. The average molecular weight is 463 g/mol. The Morgan fingerprint density at radius 1 is 0.531 bits per heavy atom. The number of esters is 1. The van der Waals surface area contributed by atoms with Crippen LogP contribution >= 0.6 is 0 Å². The summed E-state index contributed by atoms with van der Waals surface area (Å²) in [6.07, 6.45) is 11.8. The number of carbonyl (C=O) groups excluding carboxylic acids is 1. The molecule has 1 N–H and O–H groups in total. The summed E-state index contributed by atoms with van der Waals surface area (Å²) in [5, 5.41) is 8.51. The molecule has 0 unspecified atom stereocenters. The summed E-state index contributed by atoms with van der Waals surface area (Å²) >= 11 is 0. The topological polar surface area (TPSA) is 101 Å². The van der Waals surface area contributed by atoms with E-state index >= 15 is 0 Å². The van der Waals surface area contributed by atoms with Gasteiger partial charge in [0.2, 0.25) is 0 Å². The smallest absolute Gasteiger partial charge is 0.305 e. The first-order valence-electron chi connectivity index (χ1n) is 12.3. The van der Waals surface area contributed by atoms with Gasteiger partial charge in [-0.05, 0) is 19.3 Å². The molecule has 0 aliphatic rings. The van der Waals surface area contributed by atoms with Gasteiger partial charge in [0.1, 0.15) is 6.61 Å². The quantitative estimate of drug-likeness (QED) is 0.149. The zero-order valence-corrected chi connectivity index (χ0v) is 20.2. The molecule has 0 bridgehead atoms. The van der Waals surface area contributed by atoms with Gasteiger partial charge in [0.15, 0.2) is 0 Å². The monoisotopic (exact) mass is 462 g/mol. The maximum Gasteiger partial charge on any atom is 0.305 e. The predicted octanol–water partition coefficient (Wildman–Crippen LogP) is 4.38. The molecule has 0 aromatic heterocycles. The van der Waals surface area contributed by atoms with Crippen molar-refractivity contribution in [3.05, 3.63) is 0 Å². The van der Waals surface area contributed by atoms with Crippen LogP contribution in [0.1, 0.15) is 84.0 Å². The van der Waals surface area contributed by atoms with Gasteiger partial charge in [-0.3, -0.25) is 9.59 Å². The molecule has 0 amide bonds. The number of carbonyl (C=O) groups is 2. The van der Waals surface area contributed by atoms with Gasteiger partial charge in [-0.15, -0.1) is 0 Å². The van der Waals surface area contributed by atoms with Crippen LogP contribution in [-0.4, -0.2) is 76.5 Å². The van der Waals surface area contributed by atoms with E-state index in [0.29, 0.717) is 59.1 Å². The van der Waals surface area contributed by atoms with E-state index in [2.05, 4.69) is 6.92 Å². The van der Waals surface area contributed by atoms with Crippen LogP contribution in [0.4, 0.5) is 0 Å². The molecule has 0 rings (SSSR count). The summed E-state index contributed by atoms with van der Waals surface area (Å²) in [5.74, 6) is -1.17. The van der Waals surface area contributed by atoms with E-state index < -0.39 is 5.97 Å². The van der Waals surface area contributed by atoms with Crippen molar-refractivity contribution in [3.8, 4) is 0 Å². The van der Waals surface area contributed by atoms with Gasteiger partial charge in [-0.2, -0.15) is 0 Å². The third kappa shape index (κ3) is 26.8. The Balaban J connectivity index is 3.10. The maximum absolute atomic E-state index is 11.4. The van der Waals surface area contributed by atoms with Crippen molar-refractivity contribution >= 4 is 11.9 Å². The molecule has 0 aliphatic carbocycles. The molecule has 32 heavy (non-hydrogen) atoms. The van der Waals surface area contributed by atoms with E-state index in [9.17, 15) is 9.59 Å². The van der Waals surface area contributed by atoms with E-state index in [1.807, 2.05) is 0 Å². The second-order valence-electron chi connectivity index (χ2n) is 7.75. The second-order valence-corrected chi connectivity index (χ2v) is 7.75. The standard InChI is InChI=1S/C24H46O8/c1-2-3-4-5-6-7-8-11-14-28-15-16-29-17-18-30-19-20-31-21-22-32-24(27)13-10-9-12-23(25)26/h2-22H2,1H3,(H,25,26). The highest BCUT2D eigenvalue weighted by molar-refractivity contribution is 5.69. The first kappa shape index (κ1) is 30.8. The van der Waals surface area contributed by atoms with Crippen molar-refractivity contribution < 1.29 is 38.4 Å². The summed E-state index contributed by atoms with van der Waals surface area (Å²) in [6.45, 7) is 6.70. The number of carboxylic acid groups (broad SMARTS) is 1. The van der Waals surface area contributed by atoms with Gasteiger partial charge in [0, 0.05) is 19.4 Å². The minimum atomic E-state index is -0.848. The highest BCUT2D eigenvalue weighted by Gasteiger charge is 2.04. The molecule has 8 nitrogen and oxygen atoms in total. The number of unbranched alkanes of at least 4 members (excludes halogenated alkanes) is 8. The zero-order chi connectivity index (χ0) is 23.5. The Hall–Kier alpha value is -1.22. The van der Waals surface area contributed by atoms with E-state index in [-0.39, 0.29) is 25.4 Å². The second kappa shape index (κ2) is 26.0. The SMILES string of the molecule is CCCCCCCCCCOCCOCCOCCOCCOC(=O)CCCCC(=O)O. The van der Waals surface area contributed by atoms with Gasteiger partial charge >= 0.3 is 11.9 Å². The van der Waals surface area contributed by atoms with Crippen LogP contribution in [0.5, 0.6) is 0 Å². The van der Waals surface area contributed by atoms with Gasteiger partial charge in [-0.1, -0.05) is 51.9 Å². The minimum absolute atomic E-state index is 0.0779. The number of hydrogen-bond donors (Lipinski definition) is 1. The molecule has 0 aromatic carbocycles. The molecule has 190 valence electrons. The average Bonchev–Trinajstić information content (AvgIpc) is 2.77. The molecular formula is C24H46O8. The van der Waals surface area contributed by atoms with Crippen LogP contribution in [0.25, 0.3) is 0 Å². The summed E-state index contributed by atoms with van der Waals surface area (Å²) in [5.41, 5.74) is 0. The largest absolute Gasteiger partial charge is 0.481 e. The third-order valence-electron chi connectivity index (χ3n) is 4.77. The van der Waals surface area contributed by atoms with Crippen molar-refractivity contribution in [1.82, 2.24) is 0 Å². The number of hydrogen-bond acceptors (Lipinski definition) is 7. The zero-order valence-electron chi connectivity index (χ0n) is 20.2. The van der Waals surface area contributed by atoms with Crippen LogP contribution in [-0.2, 0) is 33.3 Å². The summed E-state index contributed by atoms with van der Waals surface area (Å²) in [4.78, 5) is 21.8. The van der Waals surface area contributed by atoms with Gasteiger partial charge < -0.3 is 28.8 Å². The van der Waals surface area contributed by atoms with Crippen LogP contribution in [0.2, 0.25) is 0 Å². The Morgan fingerprint density at radius 2 is 0.969 bits per heavy atom. The van der Waals surface area contributed by atoms with Crippen LogP contribution in [0.3, 0.4) is 0 Å². The molecule has 0 radical (unpaired) electrons. The molecule has 0 heterocycles. The lowest BCUT2D eigenvalue weighted by Gasteiger charge is -2.08. The molecule has 0 atom stereocenters. The van der Waals surface area contributed by atoms with Crippen molar-refractivity contribution in [2.24, 2.45) is 0 Å². The summed E-state index contributed by atoms with van der Waals surface area (Å²) in [6, 6.07) is 0. The van der Waals surface area contributed by atoms with E-state index in [4.69, 9.17) is 28.8 Å². The lowest BCUT2D eigenvalue weighted by Crippen LogP contribution is -2.14. The molecule has 0 aliphatic heterocycles. The van der Waals surface area contributed by atoms with Crippen LogP contribution < -0.4 is 0 Å². The van der Waals surface area contributed by atoms with Crippen molar-refractivity contribution in [3.63, 3.8) is 0 Å². The molecule has 0 fully saturated rings. The van der Waals surface area contributed by atoms with Crippen molar-refractivity contribution in [2.75, 3.05) is 59.5 Å². The first-order valence-corrected chi connectivity index (χ1v) is 12.3. The maximum atomic E-state index is 11.4. The fourth-order valence-corrected chi connectivity index (χ4v) is 2.93. The fraction of sp³-hybridized carbons (Fsp3) is 0.917. The third-order valence-corrected chi connectivity index (χ3v) is 4.77. The lowest BCUT2D eigenvalue weighted by atomic mass is 10.1.